The Hall–Kier alpha value is -1.44. The van der Waals surface area contributed by atoms with Crippen molar-refractivity contribution in [3.8, 4) is 0 Å². The molecule has 0 radical (unpaired) electrons. The monoisotopic (exact) mass is 218 g/mol. The van der Waals surface area contributed by atoms with Gasteiger partial charge in [-0.15, -0.1) is 0 Å². The molecule has 1 aliphatic carbocycles. The molecule has 0 saturated heterocycles. The zero-order chi connectivity index (χ0) is 11.2. The normalized spacial score (nSPS) is 16.6. The van der Waals surface area contributed by atoms with Crippen LogP contribution in [0.2, 0.25) is 0 Å². The predicted molar refractivity (Wildman–Crippen MR) is 60.6 cm³/mol. The fourth-order valence-electron chi connectivity index (χ4n) is 2.18. The third-order valence-electron chi connectivity index (χ3n) is 3.24. The van der Waals surface area contributed by atoms with Gasteiger partial charge in [-0.2, -0.15) is 0 Å². The van der Waals surface area contributed by atoms with Gasteiger partial charge in [0.1, 0.15) is 0 Å². The molecule has 1 saturated carbocycles. The summed E-state index contributed by atoms with van der Waals surface area (Å²) in [5.41, 5.74) is 0.188. The van der Waals surface area contributed by atoms with Crippen LogP contribution in [0.3, 0.4) is 0 Å². The van der Waals surface area contributed by atoms with Gasteiger partial charge in [-0.25, -0.2) is 8.78 Å². The lowest BCUT2D eigenvalue weighted by molar-refractivity contribution is -0.0270. The molecule has 0 aliphatic heterocycles. The Bertz CT molecular complexity index is 522. The summed E-state index contributed by atoms with van der Waals surface area (Å²) in [4.78, 5) is 0. The van der Waals surface area contributed by atoms with Crippen molar-refractivity contribution < 1.29 is 8.78 Å². The van der Waals surface area contributed by atoms with Crippen molar-refractivity contribution in [3.63, 3.8) is 0 Å². The summed E-state index contributed by atoms with van der Waals surface area (Å²) in [5, 5.41) is 1.57. The van der Waals surface area contributed by atoms with Gasteiger partial charge < -0.3 is 0 Å². The number of fused-ring (bicyclic) bond motifs is 1. The van der Waals surface area contributed by atoms with Crippen LogP contribution in [0.4, 0.5) is 8.78 Å². The summed E-state index contributed by atoms with van der Waals surface area (Å²) in [5.74, 6) is -3.11. The second-order valence-electron chi connectivity index (χ2n) is 4.42. The predicted octanol–water partition coefficient (Wildman–Crippen LogP) is 4.34. The van der Waals surface area contributed by atoms with Crippen molar-refractivity contribution in [1.82, 2.24) is 0 Å². The van der Waals surface area contributed by atoms with Crippen molar-refractivity contribution in [2.24, 2.45) is 5.92 Å². The molecule has 0 heterocycles. The Morgan fingerprint density at radius 3 is 2.38 bits per heavy atom. The van der Waals surface area contributed by atoms with Crippen molar-refractivity contribution in [2.45, 2.75) is 18.8 Å². The largest absolute Gasteiger partial charge is 0.276 e. The van der Waals surface area contributed by atoms with Crippen LogP contribution in [0.1, 0.15) is 18.4 Å². The first-order chi connectivity index (χ1) is 7.69. The Morgan fingerprint density at radius 1 is 0.938 bits per heavy atom. The molecule has 0 N–H and O–H groups in total. The maximum absolute atomic E-state index is 14.1. The van der Waals surface area contributed by atoms with Crippen molar-refractivity contribution in [1.29, 1.82) is 0 Å². The lowest BCUT2D eigenvalue weighted by Gasteiger charge is -2.18. The number of rotatable bonds is 2. The van der Waals surface area contributed by atoms with Crippen LogP contribution in [0.25, 0.3) is 10.8 Å². The molecule has 0 nitrogen and oxygen atoms in total. The van der Waals surface area contributed by atoms with Crippen LogP contribution in [-0.2, 0) is 5.92 Å². The minimum absolute atomic E-state index is 0.188. The second-order valence-corrected chi connectivity index (χ2v) is 4.42. The lowest BCUT2D eigenvalue weighted by Crippen LogP contribution is -2.16. The van der Waals surface area contributed by atoms with Crippen LogP contribution in [-0.4, -0.2) is 0 Å². The molecule has 16 heavy (non-hydrogen) atoms. The smallest absolute Gasteiger partial charge is 0.201 e. The summed E-state index contributed by atoms with van der Waals surface area (Å²) in [6, 6.07) is 12.5. The lowest BCUT2D eigenvalue weighted by atomic mass is 9.97. The summed E-state index contributed by atoms with van der Waals surface area (Å²) in [6.07, 6.45) is 1.30. The molecule has 3 rings (SSSR count). The number of alkyl halides is 2. The van der Waals surface area contributed by atoms with E-state index in [-0.39, 0.29) is 5.56 Å². The highest BCUT2D eigenvalue weighted by molar-refractivity contribution is 5.86. The highest BCUT2D eigenvalue weighted by Gasteiger charge is 2.48. The van der Waals surface area contributed by atoms with Gasteiger partial charge >= 0.3 is 0 Å². The summed E-state index contributed by atoms with van der Waals surface area (Å²) in [7, 11) is 0. The SMILES string of the molecule is FC(F)(c1cccc2ccccc12)C1CC1. The minimum atomic E-state index is -2.67. The maximum atomic E-state index is 14.1. The molecule has 2 aromatic carbocycles. The Labute approximate surface area is 92.9 Å². The molecule has 0 amide bonds. The van der Waals surface area contributed by atoms with E-state index in [1.807, 2.05) is 24.3 Å². The Balaban J connectivity index is 2.23. The van der Waals surface area contributed by atoms with E-state index in [4.69, 9.17) is 0 Å². The molecule has 2 heteroatoms. The number of halogens is 2. The molecule has 1 fully saturated rings. The van der Waals surface area contributed by atoms with Gasteiger partial charge in [0.15, 0.2) is 0 Å². The molecule has 82 valence electrons. The third-order valence-corrected chi connectivity index (χ3v) is 3.24. The van der Waals surface area contributed by atoms with E-state index in [0.29, 0.717) is 18.2 Å². The molecule has 0 atom stereocenters. The van der Waals surface area contributed by atoms with E-state index < -0.39 is 11.8 Å². The molecule has 0 bridgehead atoms. The molecule has 1 aliphatic rings. The minimum Gasteiger partial charge on any atom is -0.201 e. The topological polar surface area (TPSA) is 0 Å². The molecular formula is C14H12F2. The van der Waals surface area contributed by atoms with Crippen LogP contribution in [0.5, 0.6) is 0 Å². The van der Waals surface area contributed by atoms with Crippen LogP contribution >= 0.6 is 0 Å². The first-order valence-electron chi connectivity index (χ1n) is 5.55. The fourth-order valence-corrected chi connectivity index (χ4v) is 2.18. The van der Waals surface area contributed by atoms with Crippen molar-refractivity contribution in [3.05, 3.63) is 48.0 Å². The van der Waals surface area contributed by atoms with E-state index in [2.05, 4.69) is 0 Å². The zero-order valence-corrected chi connectivity index (χ0v) is 8.79. The van der Waals surface area contributed by atoms with Crippen LogP contribution in [0.15, 0.2) is 42.5 Å². The number of benzene rings is 2. The van der Waals surface area contributed by atoms with Gasteiger partial charge in [-0.05, 0) is 23.6 Å². The van der Waals surface area contributed by atoms with Gasteiger partial charge in [-0.3, -0.25) is 0 Å². The average molecular weight is 218 g/mol. The van der Waals surface area contributed by atoms with Gasteiger partial charge in [-0.1, -0.05) is 42.5 Å². The quantitative estimate of drug-likeness (QED) is 0.703. The van der Waals surface area contributed by atoms with E-state index in [0.717, 1.165) is 5.39 Å². The molecule has 0 unspecified atom stereocenters. The summed E-state index contributed by atoms with van der Waals surface area (Å²) in [6.45, 7) is 0. The molecular weight excluding hydrogens is 206 g/mol. The second kappa shape index (κ2) is 3.27. The first kappa shape index (κ1) is 9.76. The van der Waals surface area contributed by atoms with Gasteiger partial charge in [0, 0.05) is 11.5 Å². The molecule has 2 aromatic rings. The highest BCUT2D eigenvalue weighted by Crippen LogP contribution is 2.51. The zero-order valence-electron chi connectivity index (χ0n) is 8.79. The molecule has 0 aromatic heterocycles. The Kier molecular flexibility index (Phi) is 2.00. The highest BCUT2D eigenvalue weighted by atomic mass is 19.3. The van der Waals surface area contributed by atoms with Crippen molar-refractivity contribution in [2.75, 3.05) is 0 Å². The van der Waals surface area contributed by atoms with Crippen LogP contribution in [0, 0.1) is 5.92 Å². The standard InChI is InChI=1S/C14H12F2/c15-14(16,11-8-9-11)13-7-3-5-10-4-1-2-6-12(10)13/h1-7,11H,8-9H2. The summed E-state index contributed by atoms with van der Waals surface area (Å²) < 4.78 is 28.1. The maximum Gasteiger partial charge on any atom is 0.276 e. The van der Waals surface area contributed by atoms with Gasteiger partial charge in [0.2, 0.25) is 0 Å². The van der Waals surface area contributed by atoms with Crippen LogP contribution < -0.4 is 0 Å². The third kappa shape index (κ3) is 1.41. The van der Waals surface area contributed by atoms with E-state index in [9.17, 15) is 8.78 Å². The fraction of sp³-hybridized carbons (Fsp3) is 0.286. The van der Waals surface area contributed by atoms with E-state index in [1.165, 1.54) is 0 Å². The van der Waals surface area contributed by atoms with Gasteiger partial charge in [0.25, 0.3) is 5.92 Å². The first-order valence-corrected chi connectivity index (χ1v) is 5.55. The average Bonchev–Trinajstić information content (AvgIpc) is 3.12. The summed E-state index contributed by atoms with van der Waals surface area (Å²) >= 11 is 0. The van der Waals surface area contributed by atoms with Gasteiger partial charge in [0.05, 0.1) is 0 Å². The van der Waals surface area contributed by atoms with E-state index >= 15 is 0 Å². The molecule has 0 spiro atoms. The van der Waals surface area contributed by atoms with Crippen molar-refractivity contribution >= 4 is 10.8 Å². The number of hydrogen-bond acceptors (Lipinski definition) is 0. The Morgan fingerprint density at radius 2 is 1.62 bits per heavy atom. The van der Waals surface area contributed by atoms with E-state index in [1.54, 1.807) is 18.2 Å². The number of hydrogen-bond donors (Lipinski definition) is 0.